The van der Waals surface area contributed by atoms with Crippen LogP contribution in [0.5, 0.6) is 0 Å². The number of aromatic amines is 1. The maximum Gasteiger partial charge on any atom is 0.255 e. The first-order valence-corrected chi connectivity index (χ1v) is 10.0. The Morgan fingerprint density at radius 3 is 2.39 bits per heavy atom. The summed E-state index contributed by atoms with van der Waals surface area (Å²) in [5.74, 6) is 0.487. The predicted octanol–water partition coefficient (Wildman–Crippen LogP) is 4.17. The Kier molecular flexibility index (Phi) is 6.31. The van der Waals surface area contributed by atoms with Gasteiger partial charge in [0.2, 0.25) is 5.91 Å². The molecule has 144 valence electrons. The first kappa shape index (κ1) is 19.9. The molecule has 3 aromatic rings. The van der Waals surface area contributed by atoms with E-state index in [1.165, 1.54) is 11.8 Å². The van der Waals surface area contributed by atoms with Crippen LogP contribution in [0.1, 0.15) is 27.9 Å². The number of rotatable bonds is 6. The highest BCUT2D eigenvalue weighted by molar-refractivity contribution is 7.98. The van der Waals surface area contributed by atoms with E-state index in [0.717, 1.165) is 28.1 Å². The number of benzene rings is 2. The molecule has 3 rings (SSSR count). The lowest BCUT2D eigenvalue weighted by atomic mass is 10.1. The predicted molar refractivity (Wildman–Crippen MR) is 114 cm³/mol. The second-order valence-corrected chi connectivity index (χ2v) is 7.77. The second kappa shape index (κ2) is 8.89. The molecule has 0 spiro atoms. The molecule has 5 nitrogen and oxygen atoms in total. The Morgan fingerprint density at radius 1 is 1.07 bits per heavy atom. The van der Waals surface area contributed by atoms with E-state index in [1.54, 1.807) is 6.92 Å². The lowest BCUT2D eigenvalue weighted by molar-refractivity contribution is -0.115. The molecule has 6 heteroatoms. The van der Waals surface area contributed by atoms with E-state index in [9.17, 15) is 9.59 Å². The summed E-state index contributed by atoms with van der Waals surface area (Å²) in [7, 11) is 0. The summed E-state index contributed by atoms with van der Waals surface area (Å²) in [5.41, 5.74) is 4.75. The Bertz CT molecular complexity index is 1030. The largest absolute Gasteiger partial charge is 0.326 e. The molecule has 1 heterocycles. The number of nitrogens with one attached hydrogen (secondary N) is 2. The Balaban J connectivity index is 1.68. The third-order valence-corrected chi connectivity index (χ3v) is 5.21. The molecule has 1 aromatic heterocycles. The minimum absolute atomic E-state index is 0.00914. The Morgan fingerprint density at radius 2 is 1.75 bits per heavy atom. The fourth-order valence-electron chi connectivity index (χ4n) is 3.00. The van der Waals surface area contributed by atoms with Crippen LogP contribution in [0.25, 0.3) is 0 Å². The molecule has 0 fully saturated rings. The molecule has 0 saturated heterocycles. The van der Waals surface area contributed by atoms with Gasteiger partial charge in [0.05, 0.1) is 6.42 Å². The van der Waals surface area contributed by atoms with Gasteiger partial charge in [-0.15, -0.1) is 0 Å². The number of aromatic nitrogens is 2. The highest BCUT2D eigenvalue weighted by Gasteiger charge is 2.13. The summed E-state index contributed by atoms with van der Waals surface area (Å²) in [4.78, 5) is 32.1. The van der Waals surface area contributed by atoms with Gasteiger partial charge in [0.1, 0.15) is 0 Å². The number of hydrogen-bond acceptors (Lipinski definition) is 4. The van der Waals surface area contributed by atoms with Crippen molar-refractivity contribution in [2.75, 3.05) is 5.32 Å². The van der Waals surface area contributed by atoms with Crippen molar-refractivity contribution in [2.24, 2.45) is 0 Å². The molecule has 1 amide bonds. The summed E-state index contributed by atoms with van der Waals surface area (Å²) in [6, 6.07) is 15.8. The highest BCUT2D eigenvalue weighted by atomic mass is 32.2. The first-order chi connectivity index (χ1) is 13.4. The zero-order valence-electron chi connectivity index (χ0n) is 16.2. The molecule has 0 radical (unpaired) electrons. The van der Waals surface area contributed by atoms with Crippen LogP contribution >= 0.6 is 11.8 Å². The van der Waals surface area contributed by atoms with Gasteiger partial charge >= 0.3 is 0 Å². The second-order valence-electron chi connectivity index (χ2n) is 6.81. The quantitative estimate of drug-likeness (QED) is 0.487. The normalized spacial score (nSPS) is 10.7. The van der Waals surface area contributed by atoms with Crippen LogP contribution in [-0.2, 0) is 17.0 Å². The van der Waals surface area contributed by atoms with Gasteiger partial charge in [-0.2, -0.15) is 0 Å². The number of nitrogens with zero attached hydrogens (tertiary/aromatic N) is 1. The summed E-state index contributed by atoms with van der Waals surface area (Å²) >= 11 is 1.47. The zero-order chi connectivity index (χ0) is 20.1. The van der Waals surface area contributed by atoms with E-state index in [2.05, 4.69) is 15.3 Å². The molecular formula is C22H23N3O2S. The van der Waals surface area contributed by atoms with E-state index >= 15 is 0 Å². The fraction of sp³-hybridized carbons (Fsp3) is 0.227. The van der Waals surface area contributed by atoms with Crippen LogP contribution in [0.4, 0.5) is 5.69 Å². The minimum Gasteiger partial charge on any atom is -0.326 e. The van der Waals surface area contributed by atoms with Crippen molar-refractivity contribution in [3.05, 3.63) is 86.8 Å². The van der Waals surface area contributed by atoms with E-state index in [0.29, 0.717) is 16.4 Å². The monoisotopic (exact) mass is 393 g/mol. The SMILES string of the molecule is Cc1cc(C)cc(NC(=O)Cc2c(C)nc(SCc3ccccc3)[nH]c2=O)c1. The number of thioether (sulfide) groups is 1. The van der Waals surface area contributed by atoms with Gasteiger partial charge in [-0.3, -0.25) is 9.59 Å². The minimum atomic E-state index is -0.265. The van der Waals surface area contributed by atoms with Gasteiger partial charge in [0, 0.05) is 22.7 Å². The molecule has 0 atom stereocenters. The lowest BCUT2D eigenvalue weighted by Gasteiger charge is -2.09. The van der Waals surface area contributed by atoms with Gasteiger partial charge in [-0.1, -0.05) is 48.2 Å². The van der Waals surface area contributed by atoms with E-state index in [1.807, 2.05) is 62.4 Å². The number of hydrogen-bond donors (Lipinski definition) is 2. The molecule has 0 saturated carbocycles. The van der Waals surface area contributed by atoms with Crippen molar-refractivity contribution >= 4 is 23.4 Å². The van der Waals surface area contributed by atoms with Crippen molar-refractivity contribution in [3.8, 4) is 0 Å². The van der Waals surface area contributed by atoms with Crippen molar-refractivity contribution in [3.63, 3.8) is 0 Å². The topological polar surface area (TPSA) is 74.8 Å². The van der Waals surface area contributed by atoms with Crippen LogP contribution in [0, 0.1) is 20.8 Å². The van der Waals surface area contributed by atoms with Crippen LogP contribution in [-0.4, -0.2) is 15.9 Å². The van der Waals surface area contributed by atoms with Crippen LogP contribution in [0.15, 0.2) is 58.5 Å². The average Bonchev–Trinajstić information content (AvgIpc) is 2.63. The number of anilines is 1. The van der Waals surface area contributed by atoms with Gasteiger partial charge in [0.25, 0.3) is 5.56 Å². The van der Waals surface area contributed by atoms with Crippen molar-refractivity contribution in [1.82, 2.24) is 9.97 Å². The smallest absolute Gasteiger partial charge is 0.255 e. The third kappa shape index (κ3) is 5.33. The van der Waals surface area contributed by atoms with E-state index in [4.69, 9.17) is 0 Å². The fourth-order valence-corrected chi connectivity index (χ4v) is 3.86. The summed E-state index contributed by atoms with van der Waals surface area (Å²) in [6.45, 7) is 5.72. The van der Waals surface area contributed by atoms with Crippen LogP contribution < -0.4 is 10.9 Å². The Hall–Kier alpha value is -2.86. The van der Waals surface area contributed by atoms with Gasteiger partial charge in [0.15, 0.2) is 5.16 Å². The maximum absolute atomic E-state index is 12.5. The van der Waals surface area contributed by atoms with Crippen LogP contribution in [0.2, 0.25) is 0 Å². The number of amides is 1. The molecular weight excluding hydrogens is 370 g/mol. The third-order valence-electron chi connectivity index (χ3n) is 4.26. The number of H-pyrrole nitrogens is 1. The van der Waals surface area contributed by atoms with Crippen LogP contribution in [0.3, 0.4) is 0 Å². The molecule has 2 aromatic carbocycles. The first-order valence-electron chi connectivity index (χ1n) is 9.05. The molecule has 0 unspecified atom stereocenters. The number of carbonyl (C=O) groups excluding carboxylic acids is 1. The number of aryl methyl sites for hydroxylation is 3. The van der Waals surface area contributed by atoms with E-state index in [-0.39, 0.29) is 17.9 Å². The Labute approximate surface area is 168 Å². The summed E-state index contributed by atoms with van der Waals surface area (Å²) in [5, 5.41) is 3.42. The van der Waals surface area contributed by atoms with Crippen molar-refractivity contribution in [2.45, 2.75) is 38.1 Å². The molecule has 0 aliphatic heterocycles. The van der Waals surface area contributed by atoms with Crippen molar-refractivity contribution < 1.29 is 4.79 Å². The summed E-state index contributed by atoms with van der Waals surface area (Å²) in [6.07, 6.45) is -0.00914. The molecule has 28 heavy (non-hydrogen) atoms. The van der Waals surface area contributed by atoms with Gasteiger partial charge < -0.3 is 10.3 Å². The molecule has 2 N–H and O–H groups in total. The highest BCUT2D eigenvalue weighted by Crippen LogP contribution is 2.19. The summed E-state index contributed by atoms with van der Waals surface area (Å²) < 4.78 is 0. The molecule has 0 aliphatic rings. The van der Waals surface area contributed by atoms with Gasteiger partial charge in [-0.05, 0) is 49.6 Å². The van der Waals surface area contributed by atoms with Gasteiger partial charge in [-0.25, -0.2) is 4.98 Å². The lowest BCUT2D eigenvalue weighted by Crippen LogP contribution is -2.23. The maximum atomic E-state index is 12.5. The van der Waals surface area contributed by atoms with E-state index < -0.39 is 0 Å². The average molecular weight is 394 g/mol. The zero-order valence-corrected chi connectivity index (χ0v) is 17.0. The molecule has 0 bridgehead atoms. The molecule has 0 aliphatic carbocycles. The standard InChI is InChI=1S/C22H23N3O2S/c1-14-9-15(2)11-18(10-14)24-20(26)12-19-16(3)23-22(25-21(19)27)28-13-17-7-5-4-6-8-17/h4-11H,12-13H2,1-3H3,(H,24,26)(H,23,25,27). The number of carbonyl (C=O) groups is 1. The van der Waals surface area contributed by atoms with Crippen molar-refractivity contribution in [1.29, 1.82) is 0 Å².